The van der Waals surface area contributed by atoms with Crippen molar-refractivity contribution < 1.29 is 4.79 Å². The minimum atomic E-state index is 0.109. The van der Waals surface area contributed by atoms with E-state index in [-0.39, 0.29) is 5.91 Å². The van der Waals surface area contributed by atoms with Crippen molar-refractivity contribution in [1.82, 2.24) is 20.0 Å². The quantitative estimate of drug-likeness (QED) is 0.755. The van der Waals surface area contributed by atoms with Crippen molar-refractivity contribution >= 4 is 33.1 Å². The lowest BCUT2D eigenvalue weighted by atomic mass is 10.1. The van der Waals surface area contributed by atoms with Gasteiger partial charge in [-0.15, -0.1) is 16.4 Å². The number of hydrogen-bond donors (Lipinski definition) is 1. The molecule has 1 saturated heterocycles. The molecule has 1 aromatic carbocycles. The lowest BCUT2D eigenvalue weighted by molar-refractivity contribution is 0.0630. The van der Waals surface area contributed by atoms with Crippen molar-refractivity contribution in [3.63, 3.8) is 0 Å². The Hall–Kier alpha value is -2.51. The molecule has 1 fully saturated rings. The summed E-state index contributed by atoms with van der Waals surface area (Å²) in [7, 11) is 0. The molecule has 1 amide bonds. The van der Waals surface area contributed by atoms with Crippen LogP contribution >= 0.6 is 11.3 Å². The predicted molar refractivity (Wildman–Crippen MR) is 109 cm³/mol. The van der Waals surface area contributed by atoms with Crippen LogP contribution in [0.3, 0.4) is 0 Å². The number of piperazine rings is 1. The van der Waals surface area contributed by atoms with Crippen LogP contribution in [0.2, 0.25) is 0 Å². The van der Waals surface area contributed by atoms with Crippen LogP contribution < -0.4 is 5.73 Å². The van der Waals surface area contributed by atoms with Crippen LogP contribution in [0.5, 0.6) is 0 Å². The average molecular weight is 382 g/mol. The van der Waals surface area contributed by atoms with E-state index in [0.29, 0.717) is 0 Å². The minimum Gasteiger partial charge on any atom is -0.397 e. The molecule has 0 aliphatic carbocycles. The first kappa shape index (κ1) is 17.9. The molecule has 4 rings (SSSR count). The number of benzene rings is 1. The van der Waals surface area contributed by atoms with E-state index in [4.69, 9.17) is 5.73 Å². The van der Waals surface area contributed by atoms with Crippen molar-refractivity contribution in [2.75, 3.05) is 31.9 Å². The summed E-state index contributed by atoms with van der Waals surface area (Å²) in [6.45, 7) is 7.95. The van der Waals surface area contributed by atoms with Gasteiger partial charge in [0.05, 0.1) is 11.4 Å². The summed E-state index contributed by atoms with van der Waals surface area (Å²) >= 11 is 1.62. The van der Waals surface area contributed by atoms with Gasteiger partial charge in [0, 0.05) is 48.6 Å². The summed E-state index contributed by atoms with van der Waals surface area (Å²) in [5.74, 6) is 0.109. The van der Waals surface area contributed by atoms with Crippen LogP contribution in [-0.2, 0) is 6.54 Å². The summed E-state index contributed by atoms with van der Waals surface area (Å²) in [6, 6.07) is 9.48. The Bertz CT molecular complexity index is 977. The van der Waals surface area contributed by atoms with Crippen molar-refractivity contribution in [1.29, 1.82) is 0 Å². The van der Waals surface area contributed by atoms with Crippen LogP contribution in [0.1, 0.15) is 26.5 Å². The van der Waals surface area contributed by atoms with Gasteiger partial charge in [0.2, 0.25) is 0 Å². The highest BCUT2D eigenvalue weighted by atomic mass is 32.1. The SMILES string of the molecule is Cc1nnc2sc(CN3CCN(C(=O)c4ccccc4)CC3)c(N)c2c1C. The van der Waals surface area contributed by atoms with Crippen LogP contribution in [-0.4, -0.2) is 52.1 Å². The van der Waals surface area contributed by atoms with E-state index >= 15 is 0 Å². The Kier molecular flexibility index (Phi) is 4.80. The molecule has 0 unspecified atom stereocenters. The first-order valence-corrected chi connectivity index (χ1v) is 9.93. The second-order valence-electron chi connectivity index (χ2n) is 6.96. The standard InChI is InChI=1S/C20H23N5OS/c1-13-14(2)22-23-19-17(13)18(21)16(27-19)12-24-8-10-25(11-9-24)20(26)15-6-4-3-5-7-15/h3-7H,8-12,21H2,1-2H3. The fraction of sp³-hybridized carbons (Fsp3) is 0.350. The second-order valence-corrected chi connectivity index (χ2v) is 8.05. The topological polar surface area (TPSA) is 75.4 Å². The number of fused-ring (bicyclic) bond motifs is 1. The van der Waals surface area contributed by atoms with Crippen LogP contribution in [0.4, 0.5) is 5.69 Å². The number of nitrogens with two attached hydrogens (primary N) is 1. The fourth-order valence-electron chi connectivity index (χ4n) is 3.48. The number of carbonyl (C=O) groups is 1. The number of anilines is 1. The smallest absolute Gasteiger partial charge is 0.253 e. The normalized spacial score (nSPS) is 15.4. The number of aryl methyl sites for hydroxylation is 2. The summed E-state index contributed by atoms with van der Waals surface area (Å²) in [5.41, 5.74) is 10.0. The lowest BCUT2D eigenvalue weighted by Gasteiger charge is -2.34. The maximum Gasteiger partial charge on any atom is 0.253 e. The zero-order valence-electron chi connectivity index (χ0n) is 15.6. The first-order chi connectivity index (χ1) is 13.0. The highest BCUT2D eigenvalue weighted by Crippen LogP contribution is 2.35. The maximum atomic E-state index is 12.6. The number of nitrogens with zero attached hydrogens (tertiary/aromatic N) is 4. The van der Waals surface area contributed by atoms with Crippen molar-refractivity contribution in [3.05, 3.63) is 52.0 Å². The lowest BCUT2D eigenvalue weighted by Crippen LogP contribution is -2.48. The largest absolute Gasteiger partial charge is 0.397 e. The van der Waals surface area contributed by atoms with E-state index in [1.807, 2.05) is 49.1 Å². The molecule has 0 radical (unpaired) electrons. The highest BCUT2D eigenvalue weighted by Gasteiger charge is 2.24. The van der Waals surface area contributed by atoms with Crippen LogP contribution in [0, 0.1) is 13.8 Å². The van der Waals surface area contributed by atoms with E-state index in [2.05, 4.69) is 15.1 Å². The Morgan fingerprint density at radius 3 is 2.52 bits per heavy atom. The molecule has 1 aliphatic heterocycles. The third kappa shape index (κ3) is 3.40. The van der Waals surface area contributed by atoms with Gasteiger partial charge in [0.25, 0.3) is 5.91 Å². The van der Waals surface area contributed by atoms with Gasteiger partial charge in [0.1, 0.15) is 4.83 Å². The minimum absolute atomic E-state index is 0.109. The van der Waals surface area contributed by atoms with Crippen LogP contribution in [0.15, 0.2) is 30.3 Å². The molecule has 7 heteroatoms. The van der Waals surface area contributed by atoms with Crippen molar-refractivity contribution in [2.45, 2.75) is 20.4 Å². The number of rotatable bonds is 3. The molecule has 3 aromatic rings. The number of thiophene rings is 1. The fourth-order valence-corrected chi connectivity index (χ4v) is 4.62. The van der Waals surface area contributed by atoms with Gasteiger partial charge in [-0.2, -0.15) is 5.10 Å². The molecule has 0 bridgehead atoms. The molecule has 0 saturated carbocycles. The van der Waals surface area contributed by atoms with Gasteiger partial charge in [-0.1, -0.05) is 18.2 Å². The Balaban J connectivity index is 1.44. The van der Waals surface area contributed by atoms with Crippen LogP contribution in [0.25, 0.3) is 10.2 Å². The highest BCUT2D eigenvalue weighted by molar-refractivity contribution is 7.19. The molecule has 2 aromatic heterocycles. The maximum absolute atomic E-state index is 12.6. The van der Waals surface area contributed by atoms with Crippen molar-refractivity contribution in [2.24, 2.45) is 0 Å². The van der Waals surface area contributed by atoms with Gasteiger partial charge in [-0.25, -0.2) is 0 Å². The zero-order chi connectivity index (χ0) is 19.0. The number of amides is 1. The van der Waals surface area contributed by atoms with E-state index < -0.39 is 0 Å². The number of nitrogen functional groups attached to an aromatic ring is 1. The molecule has 3 heterocycles. The van der Waals surface area contributed by atoms with Gasteiger partial charge in [-0.05, 0) is 31.5 Å². The van der Waals surface area contributed by atoms with E-state index in [1.54, 1.807) is 11.3 Å². The van der Waals surface area contributed by atoms with E-state index in [0.717, 1.165) is 70.3 Å². The third-order valence-corrected chi connectivity index (χ3v) is 6.33. The predicted octanol–water partition coefficient (Wildman–Crippen LogP) is 2.85. The molecule has 140 valence electrons. The van der Waals surface area contributed by atoms with Gasteiger partial charge >= 0.3 is 0 Å². The van der Waals surface area contributed by atoms with E-state index in [1.165, 1.54) is 0 Å². The average Bonchev–Trinajstić information content (AvgIpc) is 3.01. The molecule has 27 heavy (non-hydrogen) atoms. The molecule has 1 aliphatic rings. The van der Waals surface area contributed by atoms with Crippen molar-refractivity contribution in [3.8, 4) is 0 Å². The molecule has 2 N–H and O–H groups in total. The molecular weight excluding hydrogens is 358 g/mol. The zero-order valence-corrected chi connectivity index (χ0v) is 16.4. The Labute approximate surface area is 162 Å². The molecule has 0 spiro atoms. The monoisotopic (exact) mass is 381 g/mol. The number of hydrogen-bond acceptors (Lipinski definition) is 6. The second kappa shape index (κ2) is 7.25. The molecular formula is C20H23N5OS. The summed E-state index contributed by atoms with van der Waals surface area (Å²) in [5, 5.41) is 9.56. The van der Waals surface area contributed by atoms with E-state index in [9.17, 15) is 4.79 Å². The van der Waals surface area contributed by atoms with Gasteiger partial charge in [0.15, 0.2) is 0 Å². The van der Waals surface area contributed by atoms with Gasteiger partial charge < -0.3 is 10.6 Å². The Morgan fingerprint density at radius 2 is 1.81 bits per heavy atom. The summed E-state index contributed by atoms with van der Waals surface area (Å²) in [4.78, 5) is 18.9. The van der Waals surface area contributed by atoms with Gasteiger partial charge in [-0.3, -0.25) is 9.69 Å². The first-order valence-electron chi connectivity index (χ1n) is 9.12. The third-order valence-electron chi connectivity index (χ3n) is 5.26. The molecule has 0 atom stereocenters. The Morgan fingerprint density at radius 1 is 1.11 bits per heavy atom. The number of carbonyl (C=O) groups excluding carboxylic acids is 1. The number of aromatic nitrogens is 2. The summed E-state index contributed by atoms with van der Waals surface area (Å²) < 4.78 is 0. The summed E-state index contributed by atoms with van der Waals surface area (Å²) in [6.07, 6.45) is 0. The molecule has 6 nitrogen and oxygen atoms in total.